The van der Waals surface area contributed by atoms with Gasteiger partial charge in [-0.3, -0.25) is 4.99 Å². The van der Waals surface area contributed by atoms with Crippen molar-refractivity contribution in [3.8, 4) is 11.5 Å². The lowest BCUT2D eigenvalue weighted by Gasteiger charge is -2.36. The van der Waals surface area contributed by atoms with E-state index in [1.165, 1.54) is 51.6 Å². The zero-order valence-electron chi connectivity index (χ0n) is 17.8. The zero-order valence-corrected chi connectivity index (χ0v) is 20.2. The summed E-state index contributed by atoms with van der Waals surface area (Å²) in [5.41, 5.74) is 0.865. The number of nitrogens with zero attached hydrogens (tertiary/aromatic N) is 2. The topological polar surface area (TPSA) is 69.1 Å². The first-order chi connectivity index (χ1) is 13.7. The lowest BCUT2D eigenvalue weighted by atomic mass is 10.0. The lowest BCUT2D eigenvalue weighted by Crippen LogP contribution is -2.50. The Morgan fingerprint density at radius 3 is 2.59 bits per heavy atom. The van der Waals surface area contributed by atoms with E-state index in [1.807, 2.05) is 12.1 Å². The maximum atomic E-state index is 10.2. The second-order valence-electron chi connectivity index (χ2n) is 7.87. The van der Waals surface area contributed by atoms with Crippen molar-refractivity contribution >= 4 is 29.9 Å². The third-order valence-corrected chi connectivity index (χ3v) is 6.01. The molecule has 2 aliphatic rings. The average molecular weight is 516 g/mol. The van der Waals surface area contributed by atoms with Crippen molar-refractivity contribution in [2.75, 3.05) is 33.3 Å². The lowest BCUT2D eigenvalue weighted by molar-refractivity contribution is 0.150. The third kappa shape index (κ3) is 6.91. The molecular formula is C22H37IN4O2. The van der Waals surface area contributed by atoms with Gasteiger partial charge in [0, 0.05) is 38.3 Å². The highest BCUT2D eigenvalue weighted by atomic mass is 127. The predicted molar refractivity (Wildman–Crippen MR) is 130 cm³/mol. The number of likely N-dealkylation sites (tertiary alicyclic amines) is 1. The Morgan fingerprint density at radius 2 is 1.93 bits per heavy atom. The number of aliphatic imine (C=N–C) groups is 1. The van der Waals surface area contributed by atoms with Crippen LogP contribution >= 0.6 is 24.0 Å². The van der Waals surface area contributed by atoms with Crippen LogP contribution in [0, 0.1) is 0 Å². The largest absolute Gasteiger partial charge is 0.504 e. The van der Waals surface area contributed by atoms with E-state index in [-0.39, 0.29) is 29.7 Å². The second-order valence-corrected chi connectivity index (χ2v) is 7.87. The Labute approximate surface area is 192 Å². The van der Waals surface area contributed by atoms with Crippen molar-refractivity contribution in [3.05, 3.63) is 23.8 Å². The Balaban J connectivity index is 0.00000300. The fraction of sp³-hybridized carbons (Fsp3) is 0.682. The number of phenolic OH excluding ortho intramolecular Hbond substituents is 1. The Morgan fingerprint density at radius 1 is 1.21 bits per heavy atom. The molecule has 0 unspecified atom stereocenters. The Bertz CT molecular complexity index is 642. The predicted octanol–water partition coefficient (Wildman–Crippen LogP) is 3.52. The molecule has 1 aromatic carbocycles. The summed E-state index contributed by atoms with van der Waals surface area (Å²) in [5.74, 6) is 1.61. The molecule has 1 saturated carbocycles. The van der Waals surface area contributed by atoms with E-state index >= 15 is 0 Å². The van der Waals surface area contributed by atoms with Gasteiger partial charge in [-0.25, -0.2) is 0 Å². The number of aromatic hydroxyl groups is 1. The Kier molecular flexibility index (Phi) is 10.3. The summed E-state index contributed by atoms with van der Waals surface area (Å²) < 4.78 is 5.18. The quantitative estimate of drug-likeness (QED) is 0.294. The van der Waals surface area contributed by atoms with E-state index in [0.717, 1.165) is 24.1 Å². The number of methoxy groups -OCH3 is 1. The first-order valence-corrected chi connectivity index (χ1v) is 10.8. The van der Waals surface area contributed by atoms with Gasteiger partial charge < -0.3 is 25.4 Å². The number of phenols is 1. The summed E-state index contributed by atoms with van der Waals surface area (Å²) in [5, 5.41) is 17.2. The molecule has 7 heteroatoms. The van der Waals surface area contributed by atoms with Crippen molar-refractivity contribution < 1.29 is 9.84 Å². The molecule has 0 bridgehead atoms. The van der Waals surface area contributed by atoms with Gasteiger partial charge in [0.2, 0.25) is 0 Å². The van der Waals surface area contributed by atoms with E-state index in [1.54, 1.807) is 13.2 Å². The van der Waals surface area contributed by atoms with Crippen LogP contribution in [0.2, 0.25) is 0 Å². The molecule has 0 amide bonds. The normalized spacial score (nSPS) is 19.0. The molecule has 0 spiro atoms. The van der Waals surface area contributed by atoms with Gasteiger partial charge >= 0.3 is 0 Å². The SMILES string of the molecule is CCNC(=NCCc1cccc(OC)c1O)NC1CCN(C2CCCC2)CC1.I. The van der Waals surface area contributed by atoms with Crippen LogP contribution in [-0.2, 0) is 6.42 Å². The fourth-order valence-electron chi connectivity index (χ4n) is 4.41. The van der Waals surface area contributed by atoms with Crippen LogP contribution < -0.4 is 15.4 Å². The summed E-state index contributed by atoms with van der Waals surface area (Å²) in [6, 6.07) is 6.91. The monoisotopic (exact) mass is 516 g/mol. The van der Waals surface area contributed by atoms with E-state index < -0.39 is 0 Å². The summed E-state index contributed by atoms with van der Waals surface area (Å²) >= 11 is 0. The highest BCUT2D eigenvalue weighted by Gasteiger charge is 2.27. The molecular weight excluding hydrogens is 479 g/mol. The van der Waals surface area contributed by atoms with Crippen molar-refractivity contribution in [2.45, 2.75) is 64.0 Å². The molecule has 1 saturated heterocycles. The summed E-state index contributed by atoms with van der Waals surface area (Å²) in [6.45, 7) is 5.95. The van der Waals surface area contributed by atoms with Crippen LogP contribution in [0.3, 0.4) is 0 Å². The average Bonchev–Trinajstić information content (AvgIpc) is 3.25. The molecule has 1 aliphatic carbocycles. The molecule has 1 heterocycles. The highest BCUT2D eigenvalue weighted by molar-refractivity contribution is 14.0. The third-order valence-electron chi connectivity index (χ3n) is 6.01. The minimum Gasteiger partial charge on any atom is -0.504 e. The van der Waals surface area contributed by atoms with Crippen molar-refractivity contribution in [1.29, 1.82) is 0 Å². The molecule has 3 rings (SSSR count). The first-order valence-electron chi connectivity index (χ1n) is 10.8. The number of para-hydroxylation sites is 1. The molecule has 1 aliphatic heterocycles. The molecule has 0 radical (unpaired) electrons. The van der Waals surface area contributed by atoms with Gasteiger partial charge in [-0.15, -0.1) is 24.0 Å². The van der Waals surface area contributed by atoms with Gasteiger partial charge in [-0.1, -0.05) is 25.0 Å². The van der Waals surface area contributed by atoms with Crippen LogP contribution in [0.5, 0.6) is 11.5 Å². The van der Waals surface area contributed by atoms with E-state index in [9.17, 15) is 5.11 Å². The minimum absolute atomic E-state index is 0. The van der Waals surface area contributed by atoms with Crippen molar-refractivity contribution in [1.82, 2.24) is 15.5 Å². The highest BCUT2D eigenvalue weighted by Crippen LogP contribution is 2.29. The van der Waals surface area contributed by atoms with Gasteiger partial charge in [0.1, 0.15) is 0 Å². The van der Waals surface area contributed by atoms with Gasteiger partial charge in [-0.2, -0.15) is 0 Å². The van der Waals surface area contributed by atoms with Crippen LogP contribution in [0.4, 0.5) is 0 Å². The minimum atomic E-state index is 0. The van der Waals surface area contributed by atoms with Crippen molar-refractivity contribution in [2.24, 2.45) is 4.99 Å². The maximum absolute atomic E-state index is 10.2. The molecule has 29 heavy (non-hydrogen) atoms. The first kappa shape index (κ1) is 24.1. The number of nitrogens with one attached hydrogen (secondary N) is 2. The van der Waals surface area contributed by atoms with Gasteiger partial charge in [-0.05, 0) is 50.7 Å². The number of ether oxygens (including phenoxy) is 1. The fourth-order valence-corrected chi connectivity index (χ4v) is 4.41. The number of guanidine groups is 1. The smallest absolute Gasteiger partial charge is 0.191 e. The van der Waals surface area contributed by atoms with E-state index in [4.69, 9.17) is 9.73 Å². The second kappa shape index (κ2) is 12.5. The zero-order chi connectivity index (χ0) is 19.8. The van der Waals surface area contributed by atoms with Crippen molar-refractivity contribution in [3.63, 3.8) is 0 Å². The van der Waals surface area contributed by atoms with E-state index in [2.05, 4.69) is 22.5 Å². The molecule has 6 nitrogen and oxygen atoms in total. The van der Waals surface area contributed by atoms with E-state index in [0.29, 0.717) is 24.8 Å². The van der Waals surface area contributed by atoms with Crippen LogP contribution in [0.15, 0.2) is 23.2 Å². The summed E-state index contributed by atoms with van der Waals surface area (Å²) in [6.07, 6.45) is 8.62. The van der Waals surface area contributed by atoms with Gasteiger partial charge in [0.05, 0.1) is 7.11 Å². The number of piperidine rings is 1. The van der Waals surface area contributed by atoms with Gasteiger partial charge in [0.25, 0.3) is 0 Å². The number of benzene rings is 1. The Hall–Kier alpha value is -1.22. The van der Waals surface area contributed by atoms with Crippen LogP contribution in [0.25, 0.3) is 0 Å². The maximum Gasteiger partial charge on any atom is 0.191 e. The molecule has 0 aromatic heterocycles. The number of rotatable bonds is 7. The molecule has 0 atom stereocenters. The molecule has 3 N–H and O–H groups in total. The van der Waals surface area contributed by atoms with Crippen LogP contribution in [-0.4, -0.2) is 61.3 Å². The number of hydrogen-bond acceptors (Lipinski definition) is 4. The summed E-state index contributed by atoms with van der Waals surface area (Å²) in [4.78, 5) is 7.42. The summed E-state index contributed by atoms with van der Waals surface area (Å²) in [7, 11) is 1.57. The van der Waals surface area contributed by atoms with Crippen LogP contribution in [0.1, 0.15) is 51.0 Å². The molecule has 2 fully saturated rings. The molecule has 1 aromatic rings. The number of halogens is 1. The number of hydrogen-bond donors (Lipinski definition) is 3. The van der Waals surface area contributed by atoms with Gasteiger partial charge in [0.15, 0.2) is 17.5 Å². The molecule has 164 valence electrons. The standard InChI is InChI=1S/C22H36N4O2.HI/c1-3-23-22(24-14-11-17-7-6-10-20(28-2)21(17)27)25-18-12-15-26(16-13-18)19-8-4-5-9-19;/h6-7,10,18-19,27H,3-5,8-9,11-16H2,1-2H3,(H2,23,24,25);1H.